The Morgan fingerprint density at radius 3 is 2.32 bits per heavy atom. The van der Waals surface area contributed by atoms with Crippen molar-refractivity contribution in [3.63, 3.8) is 0 Å². The summed E-state index contributed by atoms with van der Waals surface area (Å²) in [6.45, 7) is 11.7. The second-order valence-corrected chi connectivity index (χ2v) is 16.0. The Morgan fingerprint density at radius 2 is 1.63 bits per heavy atom. The van der Waals surface area contributed by atoms with E-state index in [2.05, 4.69) is 107 Å². The Morgan fingerprint density at radius 1 is 0.895 bits per heavy atom. The quantitative estimate of drug-likeness (QED) is 0.171. The predicted octanol–water partition coefficient (Wildman–Crippen LogP) is 11.3. The molecule has 0 saturated heterocycles. The third kappa shape index (κ3) is 4.88. The van der Waals surface area contributed by atoms with E-state index in [4.69, 9.17) is 20.9 Å². The molecule has 0 unspecified atom stereocenters. The molecule has 196 valence electrons. The van der Waals surface area contributed by atoms with Gasteiger partial charge in [-0.05, 0) is 89.9 Å². The number of hydrogen-bond acceptors (Lipinski definition) is 2. The lowest BCUT2D eigenvalue weighted by molar-refractivity contribution is 0.568. The summed E-state index contributed by atoms with van der Waals surface area (Å²) in [5, 5.41) is 3.91. The zero-order chi connectivity index (χ0) is 27.2. The van der Waals surface area contributed by atoms with Gasteiger partial charge in [0.2, 0.25) is 0 Å². The summed E-state index contributed by atoms with van der Waals surface area (Å²) in [7, 11) is -2.72. The lowest BCUT2D eigenvalue weighted by atomic mass is 10.1. The molecular formula is C31H30Br2ClN2OP. The summed E-state index contributed by atoms with van der Waals surface area (Å²) in [6, 6.07) is 27.3. The van der Waals surface area contributed by atoms with Gasteiger partial charge in [-0.15, -0.1) is 0 Å². The third-order valence-corrected chi connectivity index (χ3v) is 12.2. The van der Waals surface area contributed by atoms with Crippen molar-refractivity contribution < 1.29 is 4.52 Å². The van der Waals surface area contributed by atoms with Crippen LogP contribution in [0.5, 0.6) is 5.75 Å². The highest BCUT2D eigenvalue weighted by Gasteiger charge is 2.39. The highest BCUT2D eigenvalue weighted by molar-refractivity contribution is 9.11. The van der Waals surface area contributed by atoms with Gasteiger partial charge in [0, 0.05) is 48.3 Å². The fraction of sp³-hybridized carbons (Fsp3) is 0.226. The summed E-state index contributed by atoms with van der Waals surface area (Å²) >= 11 is 13.9. The van der Waals surface area contributed by atoms with Crippen molar-refractivity contribution in [2.24, 2.45) is 4.74 Å². The molecule has 0 spiro atoms. The first kappa shape index (κ1) is 27.5. The maximum absolute atomic E-state index is 7.13. The van der Waals surface area contributed by atoms with Crippen molar-refractivity contribution in [2.75, 3.05) is 0 Å². The summed E-state index contributed by atoms with van der Waals surface area (Å²) in [4.78, 5) is 0. The van der Waals surface area contributed by atoms with E-state index in [9.17, 15) is 0 Å². The minimum absolute atomic E-state index is 0.326. The molecule has 0 radical (unpaired) electrons. The molecule has 0 saturated carbocycles. The number of rotatable bonds is 5. The van der Waals surface area contributed by atoms with Gasteiger partial charge in [-0.2, -0.15) is 0 Å². The number of aromatic nitrogens is 1. The van der Waals surface area contributed by atoms with Crippen LogP contribution in [0.3, 0.4) is 0 Å². The van der Waals surface area contributed by atoms with Crippen LogP contribution in [0.15, 0.2) is 92.6 Å². The molecule has 0 aliphatic heterocycles. The minimum Gasteiger partial charge on any atom is -0.454 e. The highest BCUT2D eigenvalue weighted by Crippen LogP contribution is 2.63. The topological polar surface area (TPSA) is 26.5 Å². The molecular weight excluding hydrogens is 643 g/mol. The Kier molecular flexibility index (Phi) is 7.61. The van der Waals surface area contributed by atoms with Gasteiger partial charge in [-0.25, -0.2) is 4.74 Å². The lowest BCUT2D eigenvalue weighted by Crippen LogP contribution is -2.27. The first-order valence-electron chi connectivity index (χ1n) is 12.6. The molecule has 5 aromatic rings. The molecule has 38 heavy (non-hydrogen) atoms. The fourth-order valence-corrected chi connectivity index (χ4v) is 9.39. The fourth-order valence-electron chi connectivity index (χ4n) is 4.87. The van der Waals surface area contributed by atoms with E-state index in [-0.39, 0.29) is 5.16 Å². The van der Waals surface area contributed by atoms with Gasteiger partial charge >= 0.3 is 0 Å². The van der Waals surface area contributed by atoms with Crippen LogP contribution in [0, 0.1) is 6.92 Å². The summed E-state index contributed by atoms with van der Waals surface area (Å²) < 4.78 is 16.8. The second kappa shape index (κ2) is 10.5. The molecule has 1 aromatic heterocycles. The van der Waals surface area contributed by atoms with E-state index in [1.807, 2.05) is 43.3 Å². The lowest BCUT2D eigenvalue weighted by Gasteiger charge is -2.37. The van der Waals surface area contributed by atoms with E-state index >= 15 is 0 Å². The number of aryl methyl sites for hydroxylation is 2. The van der Waals surface area contributed by atoms with Crippen molar-refractivity contribution in [2.45, 2.75) is 46.3 Å². The Balaban J connectivity index is 1.86. The molecule has 1 atom stereocenters. The molecule has 0 aliphatic rings. The van der Waals surface area contributed by atoms with Crippen molar-refractivity contribution in [3.8, 4) is 5.75 Å². The molecule has 0 N–H and O–H groups in total. The van der Waals surface area contributed by atoms with E-state index in [1.165, 1.54) is 21.8 Å². The van der Waals surface area contributed by atoms with E-state index < -0.39 is 7.28 Å². The van der Waals surface area contributed by atoms with Gasteiger partial charge in [0.15, 0.2) is 7.28 Å². The van der Waals surface area contributed by atoms with Crippen LogP contribution in [-0.2, 0) is 6.54 Å². The van der Waals surface area contributed by atoms with Gasteiger partial charge in [-0.3, -0.25) is 0 Å². The molecule has 0 bridgehead atoms. The van der Waals surface area contributed by atoms with Crippen LogP contribution >= 0.6 is 50.7 Å². The maximum Gasteiger partial charge on any atom is 0.173 e. The number of hydrogen-bond donors (Lipinski definition) is 0. The van der Waals surface area contributed by atoms with Crippen LogP contribution in [-0.4, -0.2) is 9.72 Å². The molecule has 0 aliphatic carbocycles. The number of benzene rings is 4. The smallest absolute Gasteiger partial charge is 0.173 e. The van der Waals surface area contributed by atoms with Gasteiger partial charge < -0.3 is 9.09 Å². The SMILES string of the molecule is CCn1c2ccccc2c2cc([P@@](=Nc3ccc(C)c(Cl)c3)(Oc3ccc(Br)cc3Br)C(C)(C)C)ccc21. The van der Waals surface area contributed by atoms with Crippen LogP contribution in [0.2, 0.25) is 5.02 Å². The van der Waals surface area contributed by atoms with Crippen LogP contribution in [0.25, 0.3) is 21.8 Å². The molecule has 7 heteroatoms. The minimum atomic E-state index is -2.72. The van der Waals surface area contributed by atoms with Gasteiger partial charge in [0.05, 0.1) is 10.2 Å². The molecule has 0 amide bonds. The zero-order valence-electron chi connectivity index (χ0n) is 22.1. The molecule has 3 nitrogen and oxygen atoms in total. The van der Waals surface area contributed by atoms with Crippen LogP contribution < -0.4 is 9.83 Å². The Bertz CT molecular complexity index is 1740. The van der Waals surface area contributed by atoms with Gasteiger partial charge in [-0.1, -0.05) is 72.6 Å². The number of halogens is 3. The highest BCUT2D eigenvalue weighted by atomic mass is 79.9. The summed E-state index contributed by atoms with van der Waals surface area (Å²) in [5.41, 5.74) is 4.29. The van der Waals surface area contributed by atoms with Crippen LogP contribution in [0.4, 0.5) is 5.69 Å². The van der Waals surface area contributed by atoms with Gasteiger partial charge in [0.25, 0.3) is 0 Å². The number of nitrogens with zero attached hydrogens (tertiary/aromatic N) is 2. The predicted molar refractivity (Wildman–Crippen MR) is 172 cm³/mol. The Hall–Kier alpha value is -2.04. The van der Waals surface area contributed by atoms with Gasteiger partial charge in [0.1, 0.15) is 5.75 Å². The summed E-state index contributed by atoms with van der Waals surface area (Å²) in [6.07, 6.45) is 0. The third-order valence-electron chi connectivity index (χ3n) is 6.87. The Labute approximate surface area is 246 Å². The normalized spacial score (nSPS) is 13.6. The molecule has 5 rings (SSSR count). The maximum atomic E-state index is 7.13. The van der Waals surface area contributed by atoms with E-state index in [1.54, 1.807) is 0 Å². The average molecular weight is 673 g/mol. The summed E-state index contributed by atoms with van der Waals surface area (Å²) in [5.74, 6) is 0.759. The van der Waals surface area contributed by atoms with Crippen molar-refractivity contribution in [1.29, 1.82) is 0 Å². The largest absolute Gasteiger partial charge is 0.454 e. The van der Waals surface area contributed by atoms with Crippen molar-refractivity contribution >= 4 is 83.5 Å². The number of fused-ring (bicyclic) bond motifs is 3. The molecule has 0 fully saturated rings. The first-order valence-corrected chi connectivity index (χ1v) is 16.2. The second-order valence-electron chi connectivity index (χ2n) is 10.4. The standard InChI is InChI=1S/C31H30Br2ClN2OP/c1-6-36-28-10-8-7-9-24(28)25-19-23(14-15-29(25)36)38(31(3,4)5,35-22-13-11-20(2)27(34)18-22)37-30-16-12-21(32)17-26(30)33/h7-19H,6H2,1-5H3/t38-/m1/s1. The number of para-hydroxylation sites is 1. The van der Waals surface area contributed by atoms with E-state index in [0.717, 1.165) is 37.8 Å². The van der Waals surface area contributed by atoms with Crippen molar-refractivity contribution in [3.05, 3.63) is 98.4 Å². The van der Waals surface area contributed by atoms with Crippen LogP contribution in [0.1, 0.15) is 33.3 Å². The average Bonchev–Trinajstić information content (AvgIpc) is 3.19. The first-order chi connectivity index (χ1) is 18.0. The van der Waals surface area contributed by atoms with Crippen molar-refractivity contribution in [1.82, 2.24) is 4.57 Å². The van der Waals surface area contributed by atoms with E-state index in [0.29, 0.717) is 5.02 Å². The zero-order valence-corrected chi connectivity index (χ0v) is 26.9. The molecule has 4 aromatic carbocycles. The monoisotopic (exact) mass is 670 g/mol. The molecule has 1 heterocycles.